The molecule has 1 aliphatic rings. The Kier molecular flexibility index (Phi) is 5.93. The highest BCUT2D eigenvalue weighted by molar-refractivity contribution is 6.17. The maximum atomic E-state index is 12.2. The second-order valence-electron chi connectivity index (χ2n) is 6.33. The van der Waals surface area contributed by atoms with Crippen molar-refractivity contribution >= 4 is 29.1 Å². The zero-order valence-corrected chi connectivity index (χ0v) is 14.6. The van der Waals surface area contributed by atoms with Crippen LogP contribution in [0.3, 0.4) is 0 Å². The molecule has 1 aromatic rings. The van der Waals surface area contributed by atoms with Crippen molar-refractivity contribution in [2.24, 2.45) is 5.92 Å². The number of β-amino-alcohol motifs (C(OH)–C–C–N with tert-alkyl or cyclic N) is 1. The van der Waals surface area contributed by atoms with Gasteiger partial charge in [0.15, 0.2) is 0 Å². The minimum Gasteiger partial charge on any atom is -0.395 e. The molecule has 2 rings (SSSR count). The molecule has 0 radical (unpaired) electrons. The van der Waals surface area contributed by atoms with E-state index in [-0.39, 0.29) is 30.7 Å². The molecule has 3 N–H and O–H groups in total. The standard InChI is InChI=1S/C18H23N3O4/c1-11(2)9-16(23)20-14-6-4-5-13(12(14)3)19-15-10-17(24)21(7-8-22)18(15)25/h4-6,10-11,19,22H,7-9H2,1-3H3,(H,20,23). The summed E-state index contributed by atoms with van der Waals surface area (Å²) < 4.78 is 0. The Bertz CT molecular complexity index is 725. The molecule has 0 saturated heterocycles. The number of nitrogens with one attached hydrogen (secondary N) is 2. The van der Waals surface area contributed by atoms with Crippen molar-refractivity contribution < 1.29 is 19.5 Å². The van der Waals surface area contributed by atoms with Gasteiger partial charge in [0.25, 0.3) is 11.8 Å². The third kappa shape index (κ3) is 4.45. The molecule has 25 heavy (non-hydrogen) atoms. The minimum absolute atomic E-state index is 0.0381. The predicted molar refractivity (Wildman–Crippen MR) is 94.8 cm³/mol. The van der Waals surface area contributed by atoms with Gasteiger partial charge in [0, 0.05) is 23.9 Å². The fraction of sp³-hybridized carbons (Fsp3) is 0.389. The first-order valence-corrected chi connectivity index (χ1v) is 8.18. The third-order valence-corrected chi connectivity index (χ3v) is 3.80. The number of nitrogens with zero attached hydrogens (tertiary/aromatic N) is 1. The summed E-state index contributed by atoms with van der Waals surface area (Å²) in [5.74, 6) is -0.754. The van der Waals surface area contributed by atoms with Gasteiger partial charge in [0.05, 0.1) is 13.2 Å². The highest BCUT2D eigenvalue weighted by atomic mass is 16.3. The van der Waals surface area contributed by atoms with Crippen LogP contribution in [0, 0.1) is 12.8 Å². The van der Waals surface area contributed by atoms with Crippen molar-refractivity contribution in [1.82, 2.24) is 4.90 Å². The van der Waals surface area contributed by atoms with Crippen LogP contribution < -0.4 is 10.6 Å². The van der Waals surface area contributed by atoms with Crippen molar-refractivity contribution in [1.29, 1.82) is 0 Å². The lowest BCUT2D eigenvalue weighted by molar-refractivity contribution is -0.137. The monoisotopic (exact) mass is 345 g/mol. The highest BCUT2D eigenvalue weighted by Gasteiger charge is 2.30. The zero-order chi connectivity index (χ0) is 18.6. The molecule has 1 heterocycles. The molecule has 1 aliphatic heterocycles. The van der Waals surface area contributed by atoms with E-state index in [1.165, 1.54) is 6.08 Å². The lowest BCUT2D eigenvalue weighted by Crippen LogP contribution is -2.34. The smallest absolute Gasteiger partial charge is 0.277 e. The Hall–Kier alpha value is -2.67. The first-order valence-electron chi connectivity index (χ1n) is 8.18. The molecule has 1 aromatic carbocycles. The van der Waals surface area contributed by atoms with Crippen molar-refractivity contribution in [3.8, 4) is 0 Å². The largest absolute Gasteiger partial charge is 0.395 e. The molecule has 3 amide bonds. The average Bonchev–Trinajstić information content (AvgIpc) is 2.78. The van der Waals surface area contributed by atoms with Gasteiger partial charge in [-0.1, -0.05) is 19.9 Å². The van der Waals surface area contributed by atoms with Gasteiger partial charge in [-0.15, -0.1) is 0 Å². The molecule has 0 atom stereocenters. The lowest BCUT2D eigenvalue weighted by atomic mass is 10.1. The SMILES string of the molecule is Cc1c(NC(=O)CC(C)C)cccc1NC1=CC(=O)N(CCO)C1=O. The molecule has 0 saturated carbocycles. The molecule has 0 fully saturated rings. The number of hydrogen-bond acceptors (Lipinski definition) is 5. The van der Waals surface area contributed by atoms with Crippen LogP contribution in [0.5, 0.6) is 0 Å². The zero-order valence-electron chi connectivity index (χ0n) is 14.6. The average molecular weight is 345 g/mol. The number of amides is 3. The van der Waals surface area contributed by atoms with Gasteiger partial charge in [-0.3, -0.25) is 19.3 Å². The first kappa shape index (κ1) is 18.7. The predicted octanol–water partition coefficient (Wildman–Crippen LogP) is 1.64. The Morgan fingerprint density at radius 2 is 1.92 bits per heavy atom. The van der Waals surface area contributed by atoms with Gasteiger partial charge in [-0.05, 0) is 30.5 Å². The number of imide groups is 1. The normalized spacial score (nSPS) is 14.1. The quantitative estimate of drug-likeness (QED) is 0.653. The summed E-state index contributed by atoms with van der Waals surface area (Å²) in [5, 5.41) is 14.7. The maximum absolute atomic E-state index is 12.2. The molecule has 0 aliphatic carbocycles. The van der Waals surface area contributed by atoms with E-state index in [4.69, 9.17) is 5.11 Å². The first-order chi connectivity index (χ1) is 11.8. The van der Waals surface area contributed by atoms with E-state index in [0.29, 0.717) is 17.8 Å². The molecule has 134 valence electrons. The summed E-state index contributed by atoms with van der Waals surface area (Å²) in [6.45, 7) is 5.44. The van der Waals surface area contributed by atoms with Gasteiger partial charge in [-0.25, -0.2) is 0 Å². The number of rotatable bonds is 7. The number of anilines is 2. The van der Waals surface area contributed by atoms with Gasteiger partial charge in [0.2, 0.25) is 5.91 Å². The number of benzene rings is 1. The van der Waals surface area contributed by atoms with Crippen LogP contribution in [0.15, 0.2) is 30.0 Å². The summed E-state index contributed by atoms with van der Waals surface area (Å²) in [6, 6.07) is 5.31. The van der Waals surface area contributed by atoms with Gasteiger partial charge < -0.3 is 15.7 Å². The van der Waals surface area contributed by atoms with Gasteiger partial charge >= 0.3 is 0 Å². The fourth-order valence-electron chi connectivity index (χ4n) is 2.53. The van der Waals surface area contributed by atoms with Crippen LogP contribution in [-0.2, 0) is 14.4 Å². The Balaban J connectivity index is 2.15. The van der Waals surface area contributed by atoms with E-state index < -0.39 is 11.8 Å². The third-order valence-electron chi connectivity index (χ3n) is 3.80. The molecule has 7 heteroatoms. The van der Waals surface area contributed by atoms with E-state index in [1.54, 1.807) is 18.2 Å². The fourth-order valence-corrected chi connectivity index (χ4v) is 2.53. The van der Waals surface area contributed by atoms with Crippen LogP contribution in [0.1, 0.15) is 25.8 Å². The Morgan fingerprint density at radius 1 is 1.24 bits per heavy atom. The van der Waals surface area contributed by atoms with E-state index in [9.17, 15) is 14.4 Å². The van der Waals surface area contributed by atoms with E-state index in [0.717, 1.165) is 10.5 Å². The van der Waals surface area contributed by atoms with Crippen molar-refractivity contribution in [3.63, 3.8) is 0 Å². The topological polar surface area (TPSA) is 98.7 Å². The van der Waals surface area contributed by atoms with E-state index >= 15 is 0 Å². The number of hydrogen-bond donors (Lipinski definition) is 3. The second-order valence-corrected chi connectivity index (χ2v) is 6.33. The molecular formula is C18H23N3O4. The number of aliphatic hydroxyl groups is 1. The van der Waals surface area contributed by atoms with E-state index in [2.05, 4.69) is 10.6 Å². The van der Waals surface area contributed by atoms with Crippen molar-refractivity contribution in [3.05, 3.63) is 35.5 Å². The van der Waals surface area contributed by atoms with E-state index in [1.807, 2.05) is 20.8 Å². The molecule has 0 aromatic heterocycles. The molecular weight excluding hydrogens is 322 g/mol. The summed E-state index contributed by atoms with van der Waals surface area (Å²) in [7, 11) is 0. The second kappa shape index (κ2) is 7.94. The highest BCUT2D eigenvalue weighted by Crippen LogP contribution is 2.26. The van der Waals surface area contributed by atoms with Crippen molar-refractivity contribution in [2.75, 3.05) is 23.8 Å². The summed E-state index contributed by atoms with van der Waals surface area (Å²) in [4.78, 5) is 36.9. The van der Waals surface area contributed by atoms with Gasteiger partial charge in [0.1, 0.15) is 5.70 Å². The molecule has 0 unspecified atom stereocenters. The summed E-state index contributed by atoms with van der Waals surface area (Å²) in [5.41, 5.74) is 2.19. The summed E-state index contributed by atoms with van der Waals surface area (Å²) in [6.07, 6.45) is 1.63. The molecule has 7 nitrogen and oxygen atoms in total. The minimum atomic E-state index is -0.479. The number of carbonyl (C=O) groups is 3. The van der Waals surface area contributed by atoms with Crippen LogP contribution >= 0.6 is 0 Å². The van der Waals surface area contributed by atoms with Crippen LogP contribution in [0.4, 0.5) is 11.4 Å². The van der Waals surface area contributed by atoms with Gasteiger partial charge in [-0.2, -0.15) is 0 Å². The van der Waals surface area contributed by atoms with Crippen molar-refractivity contribution in [2.45, 2.75) is 27.2 Å². The summed E-state index contributed by atoms with van der Waals surface area (Å²) >= 11 is 0. The van der Waals surface area contributed by atoms with Crippen LogP contribution in [0.2, 0.25) is 0 Å². The number of carbonyl (C=O) groups excluding carboxylic acids is 3. The Labute approximate surface area is 146 Å². The van der Waals surface area contributed by atoms with Crippen LogP contribution in [0.25, 0.3) is 0 Å². The number of aliphatic hydroxyl groups excluding tert-OH is 1. The maximum Gasteiger partial charge on any atom is 0.277 e. The molecule has 0 bridgehead atoms. The molecule has 0 spiro atoms. The lowest BCUT2D eigenvalue weighted by Gasteiger charge is -2.16. The van der Waals surface area contributed by atoms with Crippen LogP contribution in [-0.4, -0.2) is 40.9 Å². The Morgan fingerprint density at radius 3 is 2.56 bits per heavy atom.